The molecule has 6 nitrogen and oxygen atoms in total. The lowest BCUT2D eigenvalue weighted by molar-refractivity contribution is 0.188. The molecule has 5 rings (SSSR count). The van der Waals surface area contributed by atoms with E-state index >= 15 is 4.39 Å². The first-order chi connectivity index (χ1) is 16.3. The standard InChI is InChI=1S/C27H35FN6/c1-7-33(6)19-10-8-18(9-11-19)25-24(28)23-21(12-29-25)32-26(22(23)15(2)3)20-13-34-27(30-14-31-34)17(5)16(20)4/h12-15,18-19,32H,7-11H2,1-6H3. The average molecular weight is 463 g/mol. The first kappa shape index (κ1) is 23.0. The van der Waals surface area contributed by atoms with Crippen LogP contribution < -0.4 is 0 Å². The Bertz CT molecular complexity index is 1340. The topological polar surface area (TPSA) is 62.1 Å². The minimum Gasteiger partial charge on any atom is -0.353 e. The Morgan fingerprint density at radius 2 is 1.88 bits per heavy atom. The Labute approximate surface area is 200 Å². The van der Waals surface area contributed by atoms with Crippen LogP contribution in [0, 0.1) is 19.7 Å². The highest BCUT2D eigenvalue weighted by molar-refractivity contribution is 5.92. The smallest absolute Gasteiger partial charge is 0.158 e. The van der Waals surface area contributed by atoms with E-state index in [4.69, 9.17) is 0 Å². The lowest BCUT2D eigenvalue weighted by Gasteiger charge is -2.34. The number of pyridine rings is 2. The van der Waals surface area contributed by atoms with Crippen molar-refractivity contribution in [2.24, 2.45) is 0 Å². The van der Waals surface area contributed by atoms with E-state index in [1.807, 2.05) is 12.4 Å². The van der Waals surface area contributed by atoms with E-state index in [9.17, 15) is 0 Å². The molecule has 4 aromatic rings. The molecular weight excluding hydrogens is 427 g/mol. The van der Waals surface area contributed by atoms with Crippen LogP contribution in [-0.2, 0) is 0 Å². The number of rotatable bonds is 5. The molecule has 0 amide bonds. The molecular formula is C27H35FN6. The summed E-state index contributed by atoms with van der Waals surface area (Å²) in [5.74, 6) is 0.181. The van der Waals surface area contributed by atoms with Crippen LogP contribution in [-0.4, -0.2) is 49.1 Å². The maximum absolute atomic E-state index is 16.2. The van der Waals surface area contributed by atoms with E-state index < -0.39 is 0 Å². The highest BCUT2D eigenvalue weighted by atomic mass is 19.1. The minimum atomic E-state index is -0.146. The molecule has 0 bridgehead atoms. The van der Waals surface area contributed by atoms with Gasteiger partial charge in [-0.15, -0.1) is 0 Å². The zero-order valence-corrected chi connectivity index (χ0v) is 21.1. The highest BCUT2D eigenvalue weighted by Crippen LogP contribution is 2.42. The molecule has 0 aliphatic heterocycles. The summed E-state index contributed by atoms with van der Waals surface area (Å²) in [6.45, 7) is 11.7. The van der Waals surface area contributed by atoms with Gasteiger partial charge in [0.05, 0.1) is 23.1 Å². The second-order valence-electron chi connectivity index (χ2n) is 10.2. The summed E-state index contributed by atoms with van der Waals surface area (Å²) in [5, 5.41) is 5.05. The van der Waals surface area contributed by atoms with Crippen LogP contribution >= 0.6 is 0 Å². The second-order valence-corrected chi connectivity index (χ2v) is 10.2. The van der Waals surface area contributed by atoms with Crippen LogP contribution in [0.15, 0.2) is 18.7 Å². The summed E-state index contributed by atoms with van der Waals surface area (Å²) in [5.41, 5.74) is 7.44. The van der Waals surface area contributed by atoms with E-state index in [2.05, 4.69) is 66.6 Å². The number of aromatic amines is 1. The van der Waals surface area contributed by atoms with Gasteiger partial charge in [0.1, 0.15) is 6.33 Å². The van der Waals surface area contributed by atoms with Crippen LogP contribution in [0.4, 0.5) is 4.39 Å². The molecule has 0 atom stereocenters. The fourth-order valence-corrected chi connectivity index (χ4v) is 5.76. The van der Waals surface area contributed by atoms with Gasteiger partial charge in [0.25, 0.3) is 0 Å². The molecule has 0 unspecified atom stereocenters. The Morgan fingerprint density at radius 1 is 1.15 bits per heavy atom. The molecule has 34 heavy (non-hydrogen) atoms. The van der Waals surface area contributed by atoms with Gasteiger partial charge in [-0.25, -0.2) is 13.9 Å². The Hall–Kier alpha value is -2.80. The van der Waals surface area contributed by atoms with Gasteiger partial charge in [0.2, 0.25) is 0 Å². The summed E-state index contributed by atoms with van der Waals surface area (Å²) in [7, 11) is 2.19. The maximum Gasteiger partial charge on any atom is 0.158 e. The molecule has 4 heterocycles. The maximum atomic E-state index is 16.2. The molecule has 1 aliphatic carbocycles. The Kier molecular flexibility index (Phi) is 5.92. The van der Waals surface area contributed by atoms with Crippen molar-refractivity contribution in [3.8, 4) is 11.3 Å². The van der Waals surface area contributed by atoms with Gasteiger partial charge in [-0.2, -0.15) is 5.10 Å². The number of aryl methyl sites for hydroxylation is 1. The number of nitrogens with zero attached hydrogens (tertiary/aromatic N) is 5. The molecule has 0 aromatic carbocycles. The van der Waals surface area contributed by atoms with Gasteiger partial charge in [0, 0.05) is 29.1 Å². The highest BCUT2D eigenvalue weighted by Gasteiger charge is 2.30. The third kappa shape index (κ3) is 3.61. The third-order valence-corrected chi connectivity index (χ3v) is 8.02. The van der Waals surface area contributed by atoms with Gasteiger partial charge in [0.15, 0.2) is 11.5 Å². The predicted molar refractivity (Wildman–Crippen MR) is 135 cm³/mol. The lowest BCUT2D eigenvalue weighted by atomic mass is 9.82. The van der Waals surface area contributed by atoms with E-state index in [1.54, 1.807) is 10.8 Å². The number of H-pyrrole nitrogens is 1. The van der Waals surface area contributed by atoms with Crippen molar-refractivity contribution >= 4 is 16.6 Å². The molecule has 1 fully saturated rings. The van der Waals surface area contributed by atoms with Gasteiger partial charge in [-0.3, -0.25) is 4.98 Å². The van der Waals surface area contributed by atoms with Crippen LogP contribution in [0.1, 0.15) is 80.7 Å². The first-order valence-corrected chi connectivity index (χ1v) is 12.5. The molecule has 1 N–H and O–H groups in total. The van der Waals surface area contributed by atoms with E-state index in [-0.39, 0.29) is 17.7 Å². The number of aromatic nitrogens is 5. The molecule has 0 radical (unpaired) electrons. The van der Waals surface area contributed by atoms with Crippen molar-refractivity contribution < 1.29 is 4.39 Å². The fraction of sp³-hybridized carbons (Fsp3) is 0.519. The number of hydrogen-bond acceptors (Lipinski definition) is 4. The van der Waals surface area contributed by atoms with E-state index in [1.165, 1.54) is 0 Å². The first-order valence-electron chi connectivity index (χ1n) is 12.5. The normalized spacial score (nSPS) is 19.2. The predicted octanol–water partition coefficient (Wildman–Crippen LogP) is 6.13. The van der Waals surface area contributed by atoms with Crippen molar-refractivity contribution in [1.82, 2.24) is 29.5 Å². The SMILES string of the molecule is CCN(C)C1CCC(c2ncc3[nH]c(-c4cn5ncnc5c(C)c4C)c(C(C)C)c3c2F)CC1. The summed E-state index contributed by atoms with van der Waals surface area (Å²) in [4.78, 5) is 15.0. The zero-order valence-electron chi connectivity index (χ0n) is 21.1. The van der Waals surface area contributed by atoms with Crippen molar-refractivity contribution in [3.05, 3.63) is 46.9 Å². The van der Waals surface area contributed by atoms with Crippen molar-refractivity contribution in [2.45, 2.75) is 78.2 Å². The van der Waals surface area contributed by atoms with Gasteiger partial charge in [-0.1, -0.05) is 20.8 Å². The largest absolute Gasteiger partial charge is 0.353 e. The van der Waals surface area contributed by atoms with Crippen molar-refractivity contribution in [2.75, 3.05) is 13.6 Å². The fourth-order valence-electron chi connectivity index (χ4n) is 5.76. The Morgan fingerprint density at radius 3 is 2.56 bits per heavy atom. The molecule has 0 saturated heterocycles. The molecule has 1 aliphatic rings. The van der Waals surface area contributed by atoms with E-state index in [0.717, 1.165) is 71.3 Å². The van der Waals surface area contributed by atoms with Gasteiger partial charge in [-0.05, 0) is 75.7 Å². The summed E-state index contributed by atoms with van der Waals surface area (Å²) >= 11 is 0. The molecule has 7 heteroatoms. The van der Waals surface area contributed by atoms with Crippen LogP contribution in [0.2, 0.25) is 0 Å². The van der Waals surface area contributed by atoms with Crippen molar-refractivity contribution in [3.63, 3.8) is 0 Å². The summed E-state index contributed by atoms with van der Waals surface area (Å²) in [6.07, 6.45) is 9.57. The monoisotopic (exact) mass is 462 g/mol. The van der Waals surface area contributed by atoms with Crippen LogP contribution in [0.3, 0.4) is 0 Å². The zero-order chi connectivity index (χ0) is 24.1. The average Bonchev–Trinajstić information content (AvgIpc) is 3.46. The summed E-state index contributed by atoms with van der Waals surface area (Å²) < 4.78 is 18.0. The quantitative estimate of drug-likeness (QED) is 0.388. The van der Waals surface area contributed by atoms with Crippen molar-refractivity contribution in [1.29, 1.82) is 0 Å². The van der Waals surface area contributed by atoms with Crippen LogP contribution in [0.5, 0.6) is 0 Å². The number of fused-ring (bicyclic) bond motifs is 2. The lowest BCUT2D eigenvalue weighted by Crippen LogP contribution is -2.34. The molecule has 1 saturated carbocycles. The molecule has 4 aromatic heterocycles. The molecule has 0 spiro atoms. The minimum absolute atomic E-state index is 0.146. The third-order valence-electron chi connectivity index (χ3n) is 8.02. The Balaban J connectivity index is 1.61. The second kappa shape index (κ2) is 8.77. The number of halogens is 1. The van der Waals surface area contributed by atoms with E-state index in [0.29, 0.717) is 17.1 Å². The summed E-state index contributed by atoms with van der Waals surface area (Å²) in [6, 6.07) is 0.594. The van der Waals surface area contributed by atoms with Gasteiger partial charge >= 0.3 is 0 Å². The number of nitrogens with one attached hydrogen (secondary N) is 1. The van der Waals surface area contributed by atoms with Crippen LogP contribution in [0.25, 0.3) is 27.8 Å². The number of hydrogen-bond donors (Lipinski definition) is 1. The van der Waals surface area contributed by atoms with Gasteiger partial charge < -0.3 is 9.88 Å². The molecule has 180 valence electrons.